The predicted molar refractivity (Wildman–Crippen MR) is 270 cm³/mol. The van der Waals surface area contributed by atoms with Crippen molar-refractivity contribution in [3.63, 3.8) is 0 Å². The first-order chi connectivity index (χ1) is 36.2. The van der Waals surface area contributed by atoms with Gasteiger partial charge >= 0.3 is 17.9 Å². The summed E-state index contributed by atoms with van der Waals surface area (Å²) in [6.07, 6.45) is -2.35. The van der Waals surface area contributed by atoms with Crippen LogP contribution in [0.3, 0.4) is 0 Å². The Balaban J connectivity index is 1.77. The van der Waals surface area contributed by atoms with Gasteiger partial charge in [0, 0.05) is 19.5 Å². The van der Waals surface area contributed by atoms with Crippen LogP contribution in [0.4, 0.5) is 0 Å². The third-order valence-electron chi connectivity index (χ3n) is 13.0. The number of carboxylic acid groups (broad SMARTS) is 3. The van der Waals surface area contributed by atoms with E-state index in [9.17, 15) is 83.1 Å². The molecule has 77 heavy (non-hydrogen) atoms. The molecule has 9 amide bonds. The summed E-state index contributed by atoms with van der Waals surface area (Å²) in [5.41, 5.74) is 12.2. The van der Waals surface area contributed by atoms with Gasteiger partial charge in [0.25, 0.3) is 0 Å². The lowest BCUT2D eigenvalue weighted by atomic mass is 10.0. The highest BCUT2D eigenvalue weighted by atomic mass is 16.4. The first-order valence-corrected chi connectivity index (χ1v) is 25.4. The summed E-state index contributed by atoms with van der Waals surface area (Å²) < 4.78 is 0. The fraction of sp³-hybridized carbons (Fsp3) is 0.633. The second-order valence-corrected chi connectivity index (χ2v) is 19.8. The van der Waals surface area contributed by atoms with Crippen LogP contribution in [-0.2, 0) is 64.0 Å². The molecule has 0 spiro atoms. The molecule has 28 heteroatoms. The molecular weight excluding hydrogens is 1010 g/mol. The maximum Gasteiger partial charge on any atom is 0.326 e. The van der Waals surface area contributed by atoms with Crippen LogP contribution in [0.25, 0.3) is 0 Å². The molecule has 1 aromatic carbocycles. The molecule has 3 rings (SSSR count). The van der Waals surface area contributed by atoms with Gasteiger partial charge in [-0.15, -0.1) is 0 Å². The summed E-state index contributed by atoms with van der Waals surface area (Å²) in [4.78, 5) is 160. The molecule has 1 aromatic rings. The number of phenols is 1. The fourth-order valence-electron chi connectivity index (χ4n) is 8.62. The number of nitrogens with one attached hydrogen (secondary N) is 7. The van der Waals surface area contributed by atoms with Gasteiger partial charge < -0.3 is 84.0 Å². The van der Waals surface area contributed by atoms with E-state index in [1.807, 2.05) is 0 Å². The van der Waals surface area contributed by atoms with Crippen molar-refractivity contribution < 1.29 is 83.1 Å². The van der Waals surface area contributed by atoms with Gasteiger partial charge in [-0.05, 0) is 87.9 Å². The molecule has 10 atom stereocenters. The van der Waals surface area contributed by atoms with Crippen molar-refractivity contribution in [3.8, 4) is 5.75 Å². The number of rotatable bonds is 30. The van der Waals surface area contributed by atoms with E-state index < -0.39 is 157 Å². The fourth-order valence-corrected chi connectivity index (χ4v) is 8.62. The van der Waals surface area contributed by atoms with Crippen molar-refractivity contribution >= 4 is 71.1 Å². The van der Waals surface area contributed by atoms with Crippen LogP contribution in [0.5, 0.6) is 5.75 Å². The van der Waals surface area contributed by atoms with Crippen LogP contribution in [0.2, 0.25) is 0 Å². The minimum Gasteiger partial charge on any atom is -0.508 e. The Morgan fingerprint density at radius 1 is 0.610 bits per heavy atom. The van der Waals surface area contributed by atoms with E-state index in [1.54, 1.807) is 13.8 Å². The minimum absolute atomic E-state index is 0.0121. The van der Waals surface area contributed by atoms with Crippen LogP contribution in [-0.4, -0.2) is 193 Å². The zero-order valence-corrected chi connectivity index (χ0v) is 43.8. The zero-order valence-electron chi connectivity index (χ0n) is 43.8. The van der Waals surface area contributed by atoms with Gasteiger partial charge in [-0.3, -0.25) is 52.7 Å². The molecule has 0 radical (unpaired) electrons. The number of phenolic OH excluding ortho intramolecular Hbond substituents is 1. The number of nitrogens with two attached hydrogens (primary N) is 2. The topological polar surface area (TPSA) is 449 Å². The number of aliphatic hydroxyl groups is 1. The van der Waals surface area contributed by atoms with Crippen LogP contribution >= 0.6 is 0 Å². The molecule has 2 saturated heterocycles. The third-order valence-corrected chi connectivity index (χ3v) is 13.0. The quantitative estimate of drug-likeness (QED) is 0.0328. The summed E-state index contributed by atoms with van der Waals surface area (Å²) in [6.45, 7) is 7.07. The number of aliphatic hydroxyl groups excluding tert-OH is 1. The number of unbranched alkanes of at least 4 members (excludes halogenated alkanes) is 1. The Labute approximate surface area is 444 Å². The van der Waals surface area contributed by atoms with Gasteiger partial charge in [-0.25, -0.2) is 4.79 Å². The number of carboxylic acids is 3. The molecule has 2 heterocycles. The normalized spacial score (nSPS) is 18.3. The summed E-state index contributed by atoms with van der Waals surface area (Å²) in [5, 5.41) is 66.0. The highest BCUT2D eigenvalue weighted by molar-refractivity contribution is 6.00. The standard InChI is InChI=1S/C49H75N11O17/c1-24(2)38(51)46(73)53-29(10-6-7-17-50)42(69)54-30(20-27-13-15-28(62)16-14-27)41(68)52-23-35(63)59-18-8-11-33(59)44(71)55-31(21-36(64)65)43(70)56-32(22-37(66)67)48(75)60-19-9-12-34(60)45(72)58-40(26(5)61)47(74)57-39(25(3)4)49(76)77/h13-16,24-26,29-34,38-40,61-62H,6-12,17-23,50-51H2,1-5H3,(H,52,68)(H,53,73)(H,54,69)(H,55,71)(H,56,70)(H,57,74)(H,58,72)(H,64,65)(H,66,67)(H,76,77)/t26-,29+,30+,31+,32+,33+,34+,38+,39+,40+/m1/s1. The van der Waals surface area contributed by atoms with E-state index in [0.717, 1.165) is 16.7 Å². The maximum atomic E-state index is 14.0. The highest BCUT2D eigenvalue weighted by Crippen LogP contribution is 2.22. The molecule has 428 valence electrons. The highest BCUT2D eigenvalue weighted by Gasteiger charge is 2.43. The molecule has 16 N–H and O–H groups in total. The summed E-state index contributed by atoms with van der Waals surface area (Å²) >= 11 is 0. The Kier molecular flexibility index (Phi) is 25.1. The second-order valence-electron chi connectivity index (χ2n) is 19.8. The number of aliphatic carboxylic acids is 3. The minimum atomic E-state index is -1.96. The van der Waals surface area contributed by atoms with Gasteiger partial charge in [0.15, 0.2) is 0 Å². The number of aromatic hydroxyl groups is 1. The van der Waals surface area contributed by atoms with Crippen molar-refractivity contribution in [2.24, 2.45) is 23.3 Å². The first kappa shape index (κ1) is 63.8. The number of carbonyl (C=O) groups excluding carboxylic acids is 9. The smallest absolute Gasteiger partial charge is 0.326 e. The van der Waals surface area contributed by atoms with Crippen molar-refractivity contribution in [3.05, 3.63) is 29.8 Å². The number of likely N-dealkylation sites (tertiary alicyclic amines) is 2. The molecule has 0 aliphatic carbocycles. The number of amides is 9. The van der Waals surface area contributed by atoms with Crippen molar-refractivity contribution in [2.75, 3.05) is 26.2 Å². The number of nitrogens with zero attached hydrogens (tertiary/aromatic N) is 2. The van der Waals surface area contributed by atoms with Gasteiger partial charge in [0.05, 0.1) is 31.5 Å². The van der Waals surface area contributed by atoms with Gasteiger partial charge in [0.2, 0.25) is 53.2 Å². The molecule has 0 unspecified atom stereocenters. The molecule has 2 aliphatic rings. The Bertz CT molecular complexity index is 2300. The van der Waals surface area contributed by atoms with E-state index in [2.05, 4.69) is 37.2 Å². The molecule has 2 aliphatic heterocycles. The average Bonchev–Trinajstić information content (AvgIpc) is 4.06. The SMILES string of the molecule is CC(C)[C@H](N)C(=O)N[C@@H](CCCCN)C(=O)N[C@@H](Cc1ccc(O)cc1)C(=O)NCC(=O)N1CCC[C@H]1C(=O)N[C@@H](CC(=O)O)C(=O)N[C@@H](CC(=O)O)C(=O)N1CCC[C@H]1C(=O)N[C@H](C(=O)N[C@H](C(=O)O)C(C)C)[C@@H](C)O. The van der Waals surface area contributed by atoms with Gasteiger partial charge in [-0.2, -0.15) is 0 Å². The van der Waals surface area contributed by atoms with E-state index in [-0.39, 0.29) is 63.3 Å². The first-order valence-electron chi connectivity index (χ1n) is 25.4. The largest absolute Gasteiger partial charge is 0.508 e. The Morgan fingerprint density at radius 2 is 1.14 bits per heavy atom. The van der Waals surface area contributed by atoms with Crippen molar-refractivity contribution in [1.29, 1.82) is 0 Å². The monoisotopic (exact) mass is 1090 g/mol. The second kappa shape index (κ2) is 30.3. The van der Waals surface area contributed by atoms with E-state index in [4.69, 9.17) is 11.5 Å². The van der Waals surface area contributed by atoms with Crippen LogP contribution in [0.1, 0.15) is 98.0 Å². The lowest BCUT2D eigenvalue weighted by Crippen LogP contribution is -2.61. The Morgan fingerprint density at radius 3 is 1.69 bits per heavy atom. The van der Waals surface area contributed by atoms with E-state index in [0.29, 0.717) is 24.9 Å². The summed E-state index contributed by atoms with van der Waals surface area (Å²) in [5.74, 6) is -14.0. The third kappa shape index (κ3) is 19.6. The number of carbonyl (C=O) groups is 12. The van der Waals surface area contributed by atoms with Gasteiger partial charge in [0.1, 0.15) is 54.1 Å². The number of benzene rings is 1. The van der Waals surface area contributed by atoms with Crippen molar-refractivity contribution in [1.82, 2.24) is 47.0 Å². The molecule has 2 fully saturated rings. The number of hydrogen-bond acceptors (Lipinski definition) is 16. The van der Waals surface area contributed by atoms with Crippen LogP contribution < -0.4 is 48.7 Å². The molecule has 0 aromatic heterocycles. The van der Waals surface area contributed by atoms with Crippen molar-refractivity contribution in [2.45, 2.75) is 159 Å². The molecule has 0 bridgehead atoms. The van der Waals surface area contributed by atoms with Crippen LogP contribution in [0.15, 0.2) is 24.3 Å². The average molecular weight is 1090 g/mol. The maximum absolute atomic E-state index is 14.0. The Hall–Kier alpha value is -7.46. The van der Waals surface area contributed by atoms with E-state index >= 15 is 0 Å². The lowest BCUT2D eigenvalue weighted by molar-refractivity contribution is -0.147. The van der Waals surface area contributed by atoms with E-state index in [1.165, 1.54) is 38.1 Å². The molecular formula is C49H75N11O17. The lowest BCUT2D eigenvalue weighted by Gasteiger charge is -2.31. The summed E-state index contributed by atoms with van der Waals surface area (Å²) in [6, 6.07) is -7.37. The molecule has 28 nitrogen and oxygen atoms in total. The summed E-state index contributed by atoms with van der Waals surface area (Å²) in [7, 11) is 0. The number of hydrogen-bond donors (Lipinski definition) is 14. The molecule has 0 saturated carbocycles. The zero-order chi connectivity index (χ0) is 57.8. The van der Waals surface area contributed by atoms with Gasteiger partial charge in [-0.1, -0.05) is 39.8 Å². The predicted octanol–water partition coefficient (Wildman–Crippen LogP) is -3.88. The van der Waals surface area contributed by atoms with Crippen LogP contribution in [0, 0.1) is 11.8 Å².